The van der Waals surface area contributed by atoms with Crippen LogP contribution in [0.4, 0.5) is 5.95 Å². The third-order valence-corrected chi connectivity index (χ3v) is 1.89. The van der Waals surface area contributed by atoms with E-state index >= 15 is 0 Å². The van der Waals surface area contributed by atoms with Crippen LogP contribution in [0.1, 0.15) is 31.7 Å². The van der Waals surface area contributed by atoms with Crippen LogP contribution in [0.2, 0.25) is 0 Å². The van der Waals surface area contributed by atoms with Gasteiger partial charge in [-0.2, -0.15) is 0 Å². The summed E-state index contributed by atoms with van der Waals surface area (Å²) < 4.78 is 0. The Morgan fingerprint density at radius 3 is 2.38 bits per heavy atom. The van der Waals surface area contributed by atoms with Gasteiger partial charge in [-0.1, -0.05) is 13.8 Å². The highest BCUT2D eigenvalue weighted by Crippen LogP contribution is 2.03. The molecule has 0 aliphatic rings. The van der Waals surface area contributed by atoms with Crippen molar-refractivity contribution in [2.75, 3.05) is 5.43 Å². The van der Waals surface area contributed by atoms with E-state index in [1.807, 2.05) is 33.8 Å². The third kappa shape index (κ3) is 4.25. The van der Waals surface area contributed by atoms with Crippen molar-refractivity contribution < 1.29 is 4.79 Å². The summed E-state index contributed by atoms with van der Waals surface area (Å²) in [6.45, 7) is 7.76. The highest BCUT2D eigenvalue weighted by molar-refractivity contribution is 5.77. The van der Waals surface area contributed by atoms with Gasteiger partial charge in [-0.25, -0.2) is 9.97 Å². The number of hydrogen-bond donors (Lipinski definition) is 2. The second kappa shape index (κ2) is 5.44. The fraction of sp³-hybridized carbons (Fsp3) is 0.545. The molecule has 0 atom stereocenters. The molecule has 1 aromatic rings. The number of rotatable bonds is 4. The Labute approximate surface area is 95.7 Å². The third-order valence-electron chi connectivity index (χ3n) is 1.89. The van der Waals surface area contributed by atoms with E-state index in [4.69, 9.17) is 0 Å². The second-order valence-electron chi connectivity index (χ2n) is 4.25. The quantitative estimate of drug-likeness (QED) is 0.759. The topological polar surface area (TPSA) is 66.9 Å². The zero-order chi connectivity index (χ0) is 12.1. The maximum absolute atomic E-state index is 11.4. The maximum Gasteiger partial charge on any atom is 0.242 e. The van der Waals surface area contributed by atoms with E-state index in [9.17, 15) is 4.79 Å². The van der Waals surface area contributed by atoms with Crippen LogP contribution >= 0.6 is 0 Å². The van der Waals surface area contributed by atoms with Crippen LogP contribution in [0.5, 0.6) is 0 Å². The number of nitrogens with zero attached hydrogens (tertiary/aromatic N) is 2. The Morgan fingerprint density at radius 1 is 1.31 bits per heavy atom. The van der Waals surface area contributed by atoms with E-state index in [-0.39, 0.29) is 5.91 Å². The van der Waals surface area contributed by atoms with E-state index in [0.29, 0.717) is 18.3 Å². The first-order chi connectivity index (χ1) is 7.47. The van der Waals surface area contributed by atoms with E-state index in [1.54, 1.807) is 0 Å². The summed E-state index contributed by atoms with van der Waals surface area (Å²) >= 11 is 0. The van der Waals surface area contributed by atoms with Crippen LogP contribution in [0.3, 0.4) is 0 Å². The van der Waals surface area contributed by atoms with Gasteiger partial charge in [-0.3, -0.25) is 15.6 Å². The Kier molecular flexibility index (Phi) is 4.22. The number of aromatic nitrogens is 2. The summed E-state index contributed by atoms with van der Waals surface area (Å²) in [5.74, 6) is 0.703. The highest BCUT2D eigenvalue weighted by Gasteiger charge is 2.05. The minimum atomic E-state index is -0.0576. The van der Waals surface area contributed by atoms with Gasteiger partial charge in [0.2, 0.25) is 11.9 Å². The van der Waals surface area contributed by atoms with E-state index in [1.165, 1.54) is 0 Å². The van der Waals surface area contributed by atoms with Crippen molar-refractivity contribution in [1.29, 1.82) is 0 Å². The van der Waals surface area contributed by atoms with Crippen molar-refractivity contribution in [2.24, 2.45) is 5.92 Å². The van der Waals surface area contributed by atoms with Crippen molar-refractivity contribution in [3.8, 4) is 0 Å². The molecular formula is C11H18N4O. The number of aryl methyl sites for hydroxylation is 2. The summed E-state index contributed by atoms with van der Waals surface area (Å²) in [5, 5.41) is 0. The molecule has 0 aliphatic carbocycles. The normalized spacial score (nSPS) is 10.3. The SMILES string of the molecule is Cc1cc(C)nc(NNC(=O)CC(C)C)n1. The average Bonchev–Trinajstić information content (AvgIpc) is 2.12. The van der Waals surface area contributed by atoms with Crippen molar-refractivity contribution in [2.45, 2.75) is 34.1 Å². The lowest BCUT2D eigenvalue weighted by Gasteiger charge is -2.09. The first-order valence-corrected chi connectivity index (χ1v) is 5.34. The first-order valence-electron chi connectivity index (χ1n) is 5.34. The molecule has 0 saturated heterocycles. The number of amides is 1. The van der Waals surface area contributed by atoms with Crippen molar-refractivity contribution in [3.63, 3.8) is 0 Å². The van der Waals surface area contributed by atoms with Gasteiger partial charge in [-0.15, -0.1) is 0 Å². The molecule has 1 aromatic heterocycles. The Balaban J connectivity index is 2.51. The zero-order valence-corrected chi connectivity index (χ0v) is 10.2. The second-order valence-corrected chi connectivity index (χ2v) is 4.25. The van der Waals surface area contributed by atoms with Crippen molar-refractivity contribution in [1.82, 2.24) is 15.4 Å². The van der Waals surface area contributed by atoms with Gasteiger partial charge in [0.05, 0.1) is 0 Å². The number of nitrogens with one attached hydrogen (secondary N) is 2. The largest absolute Gasteiger partial charge is 0.273 e. The van der Waals surface area contributed by atoms with Crippen LogP contribution in [0, 0.1) is 19.8 Å². The standard InChI is InChI=1S/C11H18N4O/c1-7(2)5-10(16)14-15-11-12-8(3)6-9(4)13-11/h6-7H,5H2,1-4H3,(H,14,16)(H,12,13,15). The van der Waals surface area contributed by atoms with Gasteiger partial charge < -0.3 is 0 Å². The molecular weight excluding hydrogens is 204 g/mol. The van der Waals surface area contributed by atoms with Crippen LogP contribution in [0.15, 0.2) is 6.07 Å². The van der Waals surface area contributed by atoms with Gasteiger partial charge in [-0.05, 0) is 25.8 Å². The van der Waals surface area contributed by atoms with E-state index in [0.717, 1.165) is 11.4 Å². The van der Waals surface area contributed by atoms with E-state index in [2.05, 4.69) is 20.8 Å². The molecule has 0 saturated carbocycles. The highest BCUT2D eigenvalue weighted by atomic mass is 16.2. The monoisotopic (exact) mass is 222 g/mol. The molecule has 5 nitrogen and oxygen atoms in total. The maximum atomic E-state index is 11.4. The van der Waals surface area contributed by atoms with Crippen LogP contribution in [0.25, 0.3) is 0 Å². The van der Waals surface area contributed by atoms with Crippen molar-refractivity contribution >= 4 is 11.9 Å². The molecule has 88 valence electrons. The summed E-state index contributed by atoms with van der Waals surface area (Å²) in [6.07, 6.45) is 0.484. The molecule has 2 N–H and O–H groups in total. The fourth-order valence-corrected chi connectivity index (χ4v) is 1.33. The lowest BCUT2D eigenvalue weighted by Crippen LogP contribution is -2.31. The molecule has 16 heavy (non-hydrogen) atoms. The summed E-state index contributed by atoms with van der Waals surface area (Å²) in [6, 6.07) is 1.88. The molecule has 0 spiro atoms. The number of hydrazine groups is 1. The van der Waals surface area contributed by atoms with Crippen LogP contribution in [-0.4, -0.2) is 15.9 Å². The molecule has 0 fully saturated rings. The zero-order valence-electron chi connectivity index (χ0n) is 10.2. The summed E-state index contributed by atoms with van der Waals surface area (Å²) in [5.41, 5.74) is 7.02. The molecule has 0 unspecified atom stereocenters. The minimum absolute atomic E-state index is 0.0576. The number of anilines is 1. The fourth-order valence-electron chi connectivity index (χ4n) is 1.33. The summed E-state index contributed by atoms with van der Waals surface area (Å²) in [7, 11) is 0. The molecule has 0 aliphatic heterocycles. The Bertz CT molecular complexity index is 356. The minimum Gasteiger partial charge on any atom is -0.273 e. The van der Waals surface area contributed by atoms with Crippen LogP contribution in [-0.2, 0) is 4.79 Å². The molecule has 1 heterocycles. The smallest absolute Gasteiger partial charge is 0.242 e. The van der Waals surface area contributed by atoms with Gasteiger partial charge in [0.15, 0.2) is 0 Å². The van der Waals surface area contributed by atoms with Gasteiger partial charge >= 0.3 is 0 Å². The Morgan fingerprint density at radius 2 is 1.88 bits per heavy atom. The van der Waals surface area contributed by atoms with Gasteiger partial charge in [0.1, 0.15) is 0 Å². The first kappa shape index (κ1) is 12.4. The lowest BCUT2D eigenvalue weighted by atomic mass is 10.1. The number of carbonyl (C=O) groups excluding carboxylic acids is 1. The molecule has 1 rings (SSSR count). The average molecular weight is 222 g/mol. The molecule has 0 aromatic carbocycles. The van der Waals surface area contributed by atoms with E-state index < -0.39 is 0 Å². The summed E-state index contributed by atoms with van der Waals surface area (Å²) in [4.78, 5) is 19.7. The number of hydrogen-bond acceptors (Lipinski definition) is 4. The van der Waals surface area contributed by atoms with Crippen molar-refractivity contribution in [3.05, 3.63) is 17.5 Å². The predicted molar refractivity (Wildman–Crippen MR) is 62.7 cm³/mol. The molecule has 1 amide bonds. The molecule has 0 radical (unpaired) electrons. The molecule has 5 heteroatoms. The van der Waals surface area contributed by atoms with Gasteiger partial charge in [0, 0.05) is 17.8 Å². The lowest BCUT2D eigenvalue weighted by molar-refractivity contribution is -0.121. The van der Waals surface area contributed by atoms with Gasteiger partial charge in [0.25, 0.3) is 0 Å². The number of carbonyl (C=O) groups is 1. The predicted octanol–water partition coefficient (Wildman–Crippen LogP) is 1.58. The Hall–Kier alpha value is -1.65. The van der Waals surface area contributed by atoms with Crippen LogP contribution < -0.4 is 10.9 Å². The molecule has 0 bridgehead atoms.